The molecule has 1 unspecified atom stereocenters. The third kappa shape index (κ3) is 6.67. The quantitative estimate of drug-likeness (QED) is 0.717. The summed E-state index contributed by atoms with van der Waals surface area (Å²) in [6.45, 7) is 8.79. The Morgan fingerprint density at radius 1 is 1.20 bits per heavy atom. The molecule has 25 heavy (non-hydrogen) atoms. The standard InChI is InChI=1S/C17H25F2NO3S2/c1-16(2,3)25(22)20-14(10-24-17(4,5)15(21)23-6)11-7-12(18)9-13(19)8-11/h7-9,14,20H,10H2,1-6H3/t14-,25?/m1/s1. The van der Waals surface area contributed by atoms with Crippen molar-refractivity contribution in [3.8, 4) is 0 Å². The molecule has 0 saturated heterocycles. The van der Waals surface area contributed by atoms with E-state index in [0.29, 0.717) is 5.56 Å². The molecule has 142 valence electrons. The molecule has 0 amide bonds. The van der Waals surface area contributed by atoms with Crippen molar-refractivity contribution in [2.45, 2.75) is 50.2 Å². The van der Waals surface area contributed by atoms with Crippen LogP contribution in [0.4, 0.5) is 8.78 Å². The van der Waals surface area contributed by atoms with Crippen LogP contribution in [-0.4, -0.2) is 32.5 Å². The molecule has 0 heterocycles. The number of ether oxygens (including phenoxy) is 1. The number of nitrogens with one attached hydrogen (secondary N) is 1. The van der Waals surface area contributed by atoms with Crippen LogP contribution < -0.4 is 4.72 Å². The fourth-order valence-corrected chi connectivity index (χ4v) is 3.87. The zero-order chi connectivity index (χ0) is 19.4. The molecule has 0 fully saturated rings. The Hall–Kier alpha value is -0.990. The maximum Gasteiger partial charge on any atom is 0.321 e. The maximum absolute atomic E-state index is 13.6. The average Bonchev–Trinajstić information content (AvgIpc) is 2.48. The summed E-state index contributed by atoms with van der Waals surface area (Å²) in [6.07, 6.45) is 0. The van der Waals surface area contributed by atoms with Crippen LogP contribution in [-0.2, 0) is 20.5 Å². The first-order chi connectivity index (χ1) is 11.4. The highest BCUT2D eigenvalue weighted by Crippen LogP contribution is 2.31. The summed E-state index contributed by atoms with van der Waals surface area (Å²) < 4.78 is 45.9. The second kappa shape index (κ2) is 8.60. The molecule has 0 bridgehead atoms. The van der Waals surface area contributed by atoms with Gasteiger partial charge in [-0.1, -0.05) is 0 Å². The normalized spacial score (nSPS) is 14.9. The van der Waals surface area contributed by atoms with E-state index >= 15 is 0 Å². The molecule has 1 aromatic carbocycles. The maximum atomic E-state index is 13.6. The summed E-state index contributed by atoms with van der Waals surface area (Å²) in [4.78, 5) is 11.8. The zero-order valence-corrected chi connectivity index (χ0v) is 16.9. The van der Waals surface area contributed by atoms with Crippen LogP contribution in [0.25, 0.3) is 0 Å². The van der Waals surface area contributed by atoms with Gasteiger partial charge in [0.2, 0.25) is 0 Å². The lowest BCUT2D eigenvalue weighted by Crippen LogP contribution is -2.38. The Kier molecular flexibility index (Phi) is 7.58. The smallest absolute Gasteiger partial charge is 0.321 e. The van der Waals surface area contributed by atoms with Gasteiger partial charge in [-0.05, 0) is 52.3 Å². The molecule has 1 rings (SSSR count). The van der Waals surface area contributed by atoms with E-state index in [1.807, 2.05) is 0 Å². The molecule has 1 aromatic rings. The van der Waals surface area contributed by atoms with Gasteiger partial charge in [0, 0.05) is 11.8 Å². The van der Waals surface area contributed by atoms with E-state index in [-0.39, 0.29) is 5.75 Å². The summed E-state index contributed by atoms with van der Waals surface area (Å²) in [5.74, 6) is -1.54. The summed E-state index contributed by atoms with van der Waals surface area (Å²) in [6, 6.07) is 2.59. The molecule has 4 nitrogen and oxygen atoms in total. The SMILES string of the molecule is COC(=O)C(C)(C)SC[C@@H](NS(=O)C(C)(C)C)c1cc(F)cc(F)c1. The van der Waals surface area contributed by atoms with Crippen LogP contribution in [0.1, 0.15) is 46.2 Å². The fourth-order valence-electron chi connectivity index (χ4n) is 1.88. The number of carbonyl (C=O) groups excluding carboxylic acids is 1. The molecule has 0 aliphatic carbocycles. The van der Waals surface area contributed by atoms with E-state index < -0.39 is 44.1 Å². The lowest BCUT2D eigenvalue weighted by molar-refractivity contribution is -0.142. The minimum absolute atomic E-state index is 0.285. The van der Waals surface area contributed by atoms with Crippen molar-refractivity contribution in [1.29, 1.82) is 0 Å². The van der Waals surface area contributed by atoms with Crippen LogP contribution in [0.5, 0.6) is 0 Å². The molecule has 0 saturated carbocycles. The van der Waals surface area contributed by atoms with Crippen molar-refractivity contribution < 1.29 is 22.5 Å². The van der Waals surface area contributed by atoms with Crippen LogP contribution in [0, 0.1) is 11.6 Å². The second-order valence-electron chi connectivity index (χ2n) is 7.07. The number of rotatable bonds is 7. The van der Waals surface area contributed by atoms with E-state index in [1.165, 1.54) is 31.0 Å². The number of hydrogen-bond acceptors (Lipinski definition) is 4. The second-order valence-corrected chi connectivity index (χ2v) is 10.7. The number of thioether (sulfide) groups is 1. The zero-order valence-electron chi connectivity index (χ0n) is 15.3. The third-order valence-electron chi connectivity index (χ3n) is 3.38. The first-order valence-electron chi connectivity index (χ1n) is 7.73. The number of benzene rings is 1. The summed E-state index contributed by atoms with van der Waals surface area (Å²) in [5, 5.41) is 0. The molecular weight excluding hydrogens is 368 g/mol. The van der Waals surface area contributed by atoms with Gasteiger partial charge in [0.25, 0.3) is 0 Å². The number of halogens is 2. The van der Waals surface area contributed by atoms with Gasteiger partial charge in [-0.25, -0.2) is 17.7 Å². The summed E-state index contributed by atoms with van der Waals surface area (Å²) >= 11 is 1.26. The minimum Gasteiger partial charge on any atom is -0.468 e. The topological polar surface area (TPSA) is 55.4 Å². The Bertz CT molecular complexity index is 625. The van der Waals surface area contributed by atoms with Crippen molar-refractivity contribution in [1.82, 2.24) is 4.72 Å². The lowest BCUT2D eigenvalue weighted by Gasteiger charge is -2.27. The Balaban J connectivity index is 3.07. The Morgan fingerprint density at radius 3 is 2.16 bits per heavy atom. The van der Waals surface area contributed by atoms with E-state index in [2.05, 4.69) is 4.72 Å². The van der Waals surface area contributed by atoms with Crippen molar-refractivity contribution in [2.24, 2.45) is 0 Å². The molecule has 0 aliphatic rings. The number of esters is 1. The molecule has 0 aliphatic heterocycles. The molecule has 0 spiro atoms. The highest BCUT2D eigenvalue weighted by molar-refractivity contribution is 8.01. The van der Waals surface area contributed by atoms with E-state index in [1.54, 1.807) is 34.6 Å². The van der Waals surface area contributed by atoms with E-state index in [9.17, 15) is 17.8 Å². The van der Waals surface area contributed by atoms with Gasteiger partial charge < -0.3 is 4.74 Å². The van der Waals surface area contributed by atoms with Gasteiger partial charge in [0.15, 0.2) is 0 Å². The van der Waals surface area contributed by atoms with Gasteiger partial charge in [-0.2, -0.15) is 0 Å². The number of hydrogen-bond donors (Lipinski definition) is 1. The third-order valence-corrected chi connectivity index (χ3v) is 6.38. The van der Waals surface area contributed by atoms with Crippen molar-refractivity contribution in [2.75, 3.05) is 12.9 Å². The highest BCUT2D eigenvalue weighted by Gasteiger charge is 2.32. The predicted molar refractivity (Wildman–Crippen MR) is 98.7 cm³/mol. The summed E-state index contributed by atoms with van der Waals surface area (Å²) in [7, 11) is -0.144. The number of methoxy groups -OCH3 is 1. The monoisotopic (exact) mass is 393 g/mol. The van der Waals surface area contributed by atoms with E-state index in [4.69, 9.17) is 4.74 Å². The van der Waals surface area contributed by atoms with Gasteiger partial charge >= 0.3 is 5.97 Å². The molecular formula is C17H25F2NO3S2. The van der Waals surface area contributed by atoms with Gasteiger partial charge in [-0.15, -0.1) is 11.8 Å². The van der Waals surface area contributed by atoms with Crippen LogP contribution in [0.15, 0.2) is 18.2 Å². The molecule has 2 atom stereocenters. The number of carbonyl (C=O) groups is 1. The largest absolute Gasteiger partial charge is 0.468 e. The average molecular weight is 394 g/mol. The van der Waals surface area contributed by atoms with Crippen molar-refractivity contribution in [3.05, 3.63) is 35.4 Å². The van der Waals surface area contributed by atoms with Gasteiger partial charge in [-0.3, -0.25) is 4.79 Å². The molecule has 8 heteroatoms. The van der Waals surface area contributed by atoms with Crippen LogP contribution in [0.2, 0.25) is 0 Å². The van der Waals surface area contributed by atoms with Crippen molar-refractivity contribution in [3.63, 3.8) is 0 Å². The molecule has 0 radical (unpaired) electrons. The van der Waals surface area contributed by atoms with Crippen LogP contribution in [0.3, 0.4) is 0 Å². The lowest BCUT2D eigenvalue weighted by atomic mass is 10.1. The first-order valence-corrected chi connectivity index (χ1v) is 9.87. The Morgan fingerprint density at radius 2 is 1.72 bits per heavy atom. The Labute approximate surface area is 154 Å². The van der Waals surface area contributed by atoms with E-state index in [0.717, 1.165) is 6.07 Å². The highest BCUT2D eigenvalue weighted by atomic mass is 32.2. The van der Waals surface area contributed by atoms with Gasteiger partial charge in [0.1, 0.15) is 16.4 Å². The minimum atomic E-state index is -1.45. The molecule has 0 aromatic heterocycles. The van der Waals surface area contributed by atoms with Gasteiger partial charge in [0.05, 0.1) is 28.9 Å². The molecule has 1 N–H and O–H groups in total. The predicted octanol–water partition coefficient (Wildman–Crippen LogP) is 3.74. The van der Waals surface area contributed by atoms with Crippen LogP contribution >= 0.6 is 11.8 Å². The fraction of sp³-hybridized carbons (Fsp3) is 0.588. The first kappa shape index (κ1) is 22.1. The van der Waals surface area contributed by atoms with Crippen molar-refractivity contribution >= 4 is 28.7 Å². The summed E-state index contributed by atoms with van der Waals surface area (Å²) in [5.41, 5.74) is 0.336.